The molecule has 144 valence electrons. The second-order valence-corrected chi connectivity index (χ2v) is 7.78. The Hall–Kier alpha value is -2.75. The number of carbonyl (C=O) groups is 2. The number of hydrogen-bond acceptors (Lipinski definition) is 5. The lowest BCUT2D eigenvalue weighted by molar-refractivity contribution is -0.132. The molecule has 0 fully saturated rings. The van der Waals surface area contributed by atoms with Crippen molar-refractivity contribution >= 4 is 27.5 Å². The molecule has 0 heterocycles. The van der Waals surface area contributed by atoms with Gasteiger partial charge in [-0.05, 0) is 36.8 Å². The first-order valence-corrected chi connectivity index (χ1v) is 9.57. The summed E-state index contributed by atoms with van der Waals surface area (Å²) in [6.45, 7) is 2.68. The van der Waals surface area contributed by atoms with Crippen LogP contribution in [0.15, 0.2) is 59.5 Å². The summed E-state index contributed by atoms with van der Waals surface area (Å²) in [6.07, 6.45) is 0. The van der Waals surface area contributed by atoms with Gasteiger partial charge in [0.1, 0.15) is 6.04 Å². The molecule has 0 saturated heterocycles. The molecule has 2 aromatic rings. The topological polar surface area (TPSA) is 116 Å². The largest absolute Gasteiger partial charge is 0.326 e. The standard InChI is InChI=1S/C18H21N3O5S/c1-13(18(23)20-24)21(12-15-6-4-3-5-7-15)27(25,26)17-10-8-16(9-11-17)19-14(2)22/h3-11,13,24H,12H2,1-2H3,(H,19,22)(H,20,23)/t13-/m0/s1. The molecule has 2 aromatic carbocycles. The SMILES string of the molecule is CC(=O)Nc1ccc(S(=O)(=O)N(Cc2ccccc2)[C@@H](C)C(=O)NO)cc1. The maximum atomic E-state index is 13.1. The van der Waals surface area contributed by atoms with Crippen LogP contribution < -0.4 is 10.8 Å². The Morgan fingerprint density at radius 3 is 2.19 bits per heavy atom. The smallest absolute Gasteiger partial charge is 0.261 e. The second-order valence-electron chi connectivity index (χ2n) is 5.89. The maximum absolute atomic E-state index is 13.1. The zero-order chi connectivity index (χ0) is 20.0. The van der Waals surface area contributed by atoms with Gasteiger partial charge in [0.05, 0.1) is 4.90 Å². The molecule has 1 atom stereocenters. The molecule has 0 spiro atoms. The first-order valence-electron chi connectivity index (χ1n) is 8.13. The Balaban J connectivity index is 2.39. The van der Waals surface area contributed by atoms with Crippen molar-refractivity contribution in [3.63, 3.8) is 0 Å². The van der Waals surface area contributed by atoms with E-state index in [2.05, 4.69) is 5.32 Å². The number of carbonyl (C=O) groups excluding carboxylic acids is 2. The summed E-state index contributed by atoms with van der Waals surface area (Å²) in [4.78, 5) is 22.9. The number of rotatable bonds is 7. The van der Waals surface area contributed by atoms with Crippen LogP contribution in [0.5, 0.6) is 0 Å². The van der Waals surface area contributed by atoms with Crippen LogP contribution in [0.1, 0.15) is 19.4 Å². The quantitative estimate of drug-likeness (QED) is 0.491. The molecule has 3 N–H and O–H groups in total. The summed E-state index contributed by atoms with van der Waals surface area (Å²) in [5.74, 6) is -1.12. The minimum Gasteiger partial charge on any atom is -0.326 e. The number of sulfonamides is 1. The highest BCUT2D eigenvalue weighted by Crippen LogP contribution is 2.23. The van der Waals surface area contributed by atoms with Gasteiger partial charge in [0.15, 0.2) is 0 Å². The van der Waals surface area contributed by atoms with Gasteiger partial charge in [0.25, 0.3) is 5.91 Å². The molecule has 2 amide bonds. The monoisotopic (exact) mass is 391 g/mol. The van der Waals surface area contributed by atoms with Crippen LogP contribution in [-0.4, -0.2) is 35.8 Å². The number of hydroxylamine groups is 1. The predicted octanol–water partition coefficient (Wildman–Crippen LogP) is 1.73. The summed E-state index contributed by atoms with van der Waals surface area (Å²) in [7, 11) is -4.05. The lowest BCUT2D eigenvalue weighted by Crippen LogP contribution is -2.46. The van der Waals surface area contributed by atoms with E-state index in [4.69, 9.17) is 5.21 Å². The van der Waals surface area contributed by atoms with Crippen LogP contribution in [-0.2, 0) is 26.2 Å². The highest BCUT2D eigenvalue weighted by molar-refractivity contribution is 7.89. The van der Waals surface area contributed by atoms with Crippen molar-refractivity contribution in [1.29, 1.82) is 0 Å². The van der Waals surface area contributed by atoms with Crippen LogP contribution >= 0.6 is 0 Å². The molecule has 2 rings (SSSR count). The molecule has 0 aliphatic carbocycles. The number of nitrogens with one attached hydrogen (secondary N) is 2. The third-order valence-corrected chi connectivity index (χ3v) is 5.81. The third kappa shape index (κ3) is 5.13. The summed E-state index contributed by atoms with van der Waals surface area (Å²) in [6, 6.07) is 13.3. The fourth-order valence-electron chi connectivity index (χ4n) is 2.47. The van der Waals surface area contributed by atoms with E-state index < -0.39 is 22.0 Å². The molecular formula is C18H21N3O5S. The molecular weight excluding hydrogens is 370 g/mol. The molecule has 0 radical (unpaired) electrons. The van der Waals surface area contributed by atoms with Crippen LogP contribution in [0.2, 0.25) is 0 Å². The van der Waals surface area contributed by atoms with Crippen LogP contribution in [0, 0.1) is 0 Å². The molecule has 0 aromatic heterocycles. The van der Waals surface area contributed by atoms with E-state index in [-0.39, 0.29) is 17.3 Å². The Bertz CT molecular complexity index is 898. The van der Waals surface area contributed by atoms with E-state index in [0.717, 1.165) is 4.31 Å². The van der Waals surface area contributed by atoms with Crippen LogP contribution in [0.3, 0.4) is 0 Å². The van der Waals surface area contributed by atoms with Crippen molar-refractivity contribution < 1.29 is 23.2 Å². The Labute approximate surface area is 157 Å². The van der Waals surface area contributed by atoms with Gasteiger partial charge >= 0.3 is 0 Å². The van der Waals surface area contributed by atoms with E-state index in [1.54, 1.807) is 30.3 Å². The van der Waals surface area contributed by atoms with Gasteiger partial charge < -0.3 is 5.32 Å². The first kappa shape index (κ1) is 20.6. The summed E-state index contributed by atoms with van der Waals surface area (Å²) < 4.78 is 27.2. The zero-order valence-corrected chi connectivity index (χ0v) is 15.7. The normalized spacial score (nSPS) is 12.4. The Morgan fingerprint density at radius 2 is 1.67 bits per heavy atom. The number of amides is 2. The second kappa shape index (κ2) is 8.76. The summed E-state index contributed by atoms with van der Waals surface area (Å²) in [5.41, 5.74) is 2.64. The van der Waals surface area contributed by atoms with Gasteiger partial charge in [-0.2, -0.15) is 4.31 Å². The van der Waals surface area contributed by atoms with Gasteiger partial charge in [0.2, 0.25) is 15.9 Å². The van der Waals surface area contributed by atoms with E-state index in [1.165, 1.54) is 43.6 Å². The number of nitrogens with zero attached hydrogens (tertiary/aromatic N) is 1. The highest BCUT2D eigenvalue weighted by Gasteiger charge is 2.33. The lowest BCUT2D eigenvalue weighted by Gasteiger charge is -2.27. The van der Waals surface area contributed by atoms with Crippen molar-refractivity contribution in [2.45, 2.75) is 31.3 Å². The van der Waals surface area contributed by atoms with Crippen LogP contribution in [0.25, 0.3) is 0 Å². The van der Waals surface area contributed by atoms with E-state index in [9.17, 15) is 18.0 Å². The third-order valence-electron chi connectivity index (χ3n) is 3.88. The summed E-state index contributed by atoms with van der Waals surface area (Å²) in [5, 5.41) is 11.5. The predicted molar refractivity (Wildman–Crippen MR) is 99.3 cm³/mol. The first-order chi connectivity index (χ1) is 12.8. The fraction of sp³-hybridized carbons (Fsp3) is 0.222. The molecule has 0 saturated carbocycles. The van der Waals surface area contributed by atoms with E-state index in [1.807, 2.05) is 0 Å². The van der Waals surface area contributed by atoms with E-state index >= 15 is 0 Å². The molecule has 0 unspecified atom stereocenters. The molecule has 0 bridgehead atoms. The van der Waals surface area contributed by atoms with Crippen molar-refractivity contribution in [2.24, 2.45) is 0 Å². The summed E-state index contributed by atoms with van der Waals surface area (Å²) >= 11 is 0. The Morgan fingerprint density at radius 1 is 1.07 bits per heavy atom. The van der Waals surface area contributed by atoms with Gasteiger partial charge in [0, 0.05) is 19.2 Å². The number of hydrogen-bond donors (Lipinski definition) is 3. The lowest BCUT2D eigenvalue weighted by atomic mass is 10.2. The number of benzene rings is 2. The maximum Gasteiger partial charge on any atom is 0.261 e. The number of anilines is 1. The van der Waals surface area contributed by atoms with Gasteiger partial charge in [-0.1, -0.05) is 30.3 Å². The average molecular weight is 391 g/mol. The van der Waals surface area contributed by atoms with Crippen molar-refractivity contribution in [3.05, 3.63) is 60.2 Å². The zero-order valence-electron chi connectivity index (χ0n) is 14.9. The molecule has 27 heavy (non-hydrogen) atoms. The highest BCUT2D eigenvalue weighted by atomic mass is 32.2. The van der Waals surface area contributed by atoms with E-state index in [0.29, 0.717) is 11.3 Å². The molecule has 9 heteroatoms. The molecule has 8 nitrogen and oxygen atoms in total. The minimum atomic E-state index is -4.05. The van der Waals surface area contributed by atoms with Gasteiger partial charge in [-0.3, -0.25) is 14.8 Å². The van der Waals surface area contributed by atoms with Gasteiger partial charge in [-0.25, -0.2) is 13.9 Å². The fourth-order valence-corrected chi connectivity index (χ4v) is 4.05. The van der Waals surface area contributed by atoms with Crippen molar-refractivity contribution in [3.8, 4) is 0 Å². The molecule has 0 aliphatic rings. The molecule has 0 aliphatic heterocycles. The van der Waals surface area contributed by atoms with Crippen molar-refractivity contribution in [2.75, 3.05) is 5.32 Å². The average Bonchev–Trinajstić information content (AvgIpc) is 2.65. The minimum absolute atomic E-state index is 0.0369. The van der Waals surface area contributed by atoms with Gasteiger partial charge in [-0.15, -0.1) is 0 Å². The van der Waals surface area contributed by atoms with Crippen LogP contribution in [0.4, 0.5) is 5.69 Å². The Kier molecular flexibility index (Phi) is 6.67. The van der Waals surface area contributed by atoms with Crippen molar-refractivity contribution in [1.82, 2.24) is 9.79 Å².